The van der Waals surface area contributed by atoms with Crippen LogP contribution in [-0.4, -0.2) is 59.4 Å². The lowest BCUT2D eigenvalue weighted by molar-refractivity contribution is 0.0929. The molecule has 1 aromatic heterocycles. The number of carbonyl (C=O) groups excluding carboxylic acids is 1. The number of rotatable bonds is 7. The number of ether oxygens (including phenoxy) is 2. The van der Waals surface area contributed by atoms with Crippen molar-refractivity contribution < 1.29 is 14.3 Å². The summed E-state index contributed by atoms with van der Waals surface area (Å²) in [5.41, 5.74) is 0.540. The van der Waals surface area contributed by atoms with E-state index < -0.39 is 0 Å². The molecule has 8 heteroatoms. The first kappa shape index (κ1) is 20.1. The van der Waals surface area contributed by atoms with Crippen LogP contribution in [0.1, 0.15) is 34.8 Å². The second-order valence-electron chi connectivity index (χ2n) is 7.25. The van der Waals surface area contributed by atoms with Crippen molar-refractivity contribution in [3.8, 4) is 11.5 Å². The first-order valence-corrected chi connectivity index (χ1v) is 9.58. The third kappa shape index (κ3) is 5.01. The van der Waals surface area contributed by atoms with Crippen LogP contribution in [0, 0.1) is 12.8 Å². The number of nitrogens with zero attached hydrogens (tertiary/aromatic N) is 4. The molecule has 2 aromatic rings. The number of aromatic nitrogens is 3. The zero-order chi connectivity index (χ0) is 20.1. The maximum Gasteiger partial charge on any atom is 0.251 e. The fraction of sp³-hybridized carbons (Fsp3) is 0.550. The van der Waals surface area contributed by atoms with Crippen molar-refractivity contribution in [1.82, 2.24) is 25.0 Å². The van der Waals surface area contributed by atoms with Crippen LogP contribution in [0.3, 0.4) is 0 Å². The number of methoxy groups -OCH3 is 2. The Morgan fingerprint density at radius 2 is 1.96 bits per heavy atom. The summed E-state index contributed by atoms with van der Waals surface area (Å²) in [5, 5.41) is 7.38. The summed E-state index contributed by atoms with van der Waals surface area (Å²) < 4.78 is 12.3. The minimum atomic E-state index is -0.113. The predicted molar refractivity (Wildman–Crippen MR) is 106 cm³/mol. The van der Waals surface area contributed by atoms with E-state index in [2.05, 4.69) is 20.3 Å². The Balaban J connectivity index is 1.55. The molecule has 0 saturated carbocycles. The molecule has 1 atom stereocenters. The molecule has 1 aliphatic rings. The normalized spacial score (nSPS) is 17.4. The molecule has 0 aliphatic carbocycles. The van der Waals surface area contributed by atoms with Gasteiger partial charge in [0.1, 0.15) is 23.1 Å². The molecule has 2 heterocycles. The number of carbonyl (C=O) groups is 1. The minimum absolute atomic E-state index is 0.113. The first-order chi connectivity index (χ1) is 13.5. The van der Waals surface area contributed by atoms with Crippen LogP contribution in [0.5, 0.6) is 11.5 Å². The third-order valence-electron chi connectivity index (χ3n) is 5.09. The average Bonchev–Trinajstić information content (AvgIpc) is 3.02. The number of hydrogen-bond donors (Lipinski definition) is 1. The van der Waals surface area contributed by atoms with E-state index in [1.807, 2.05) is 18.7 Å². The summed E-state index contributed by atoms with van der Waals surface area (Å²) in [4.78, 5) is 19.5. The number of aryl methyl sites for hydroxylation is 2. The van der Waals surface area contributed by atoms with Crippen molar-refractivity contribution in [3.63, 3.8) is 0 Å². The van der Waals surface area contributed by atoms with Crippen molar-refractivity contribution >= 4 is 5.91 Å². The molecule has 1 aliphatic heterocycles. The van der Waals surface area contributed by atoms with E-state index >= 15 is 0 Å². The van der Waals surface area contributed by atoms with E-state index in [0.717, 1.165) is 44.1 Å². The average molecular weight is 387 g/mol. The van der Waals surface area contributed by atoms with Gasteiger partial charge < -0.3 is 14.8 Å². The molecule has 1 aromatic carbocycles. The van der Waals surface area contributed by atoms with E-state index in [-0.39, 0.29) is 5.91 Å². The molecule has 0 radical (unpaired) electrons. The quantitative estimate of drug-likeness (QED) is 0.780. The van der Waals surface area contributed by atoms with Crippen LogP contribution < -0.4 is 14.8 Å². The summed E-state index contributed by atoms with van der Waals surface area (Å²) in [6, 6.07) is 5.20. The zero-order valence-corrected chi connectivity index (χ0v) is 17.1. The molecule has 0 spiro atoms. The summed E-state index contributed by atoms with van der Waals surface area (Å²) in [6.07, 6.45) is 2.22. The summed E-state index contributed by atoms with van der Waals surface area (Å²) in [5.74, 6) is 3.29. The van der Waals surface area contributed by atoms with Gasteiger partial charge in [-0.2, -0.15) is 5.10 Å². The van der Waals surface area contributed by atoms with Gasteiger partial charge in [-0.25, -0.2) is 4.98 Å². The maximum atomic E-state index is 12.6. The van der Waals surface area contributed by atoms with Gasteiger partial charge in [0.25, 0.3) is 5.91 Å². The Bertz CT molecular complexity index is 798. The van der Waals surface area contributed by atoms with E-state index in [1.54, 1.807) is 32.4 Å². The topological polar surface area (TPSA) is 81.5 Å². The largest absolute Gasteiger partial charge is 0.497 e. The van der Waals surface area contributed by atoms with Crippen molar-refractivity contribution in [2.24, 2.45) is 13.0 Å². The Hall–Kier alpha value is -2.61. The third-order valence-corrected chi connectivity index (χ3v) is 5.09. The van der Waals surface area contributed by atoms with Gasteiger partial charge in [-0.1, -0.05) is 0 Å². The first-order valence-electron chi connectivity index (χ1n) is 9.58. The van der Waals surface area contributed by atoms with Gasteiger partial charge in [0, 0.05) is 31.8 Å². The van der Waals surface area contributed by atoms with Gasteiger partial charge in [-0.15, -0.1) is 0 Å². The van der Waals surface area contributed by atoms with Crippen molar-refractivity contribution in [1.29, 1.82) is 0 Å². The molecule has 3 rings (SSSR count). The van der Waals surface area contributed by atoms with Crippen LogP contribution in [0.25, 0.3) is 0 Å². The molecule has 0 bridgehead atoms. The van der Waals surface area contributed by atoms with Crippen molar-refractivity contribution in [2.75, 3.05) is 33.9 Å². The zero-order valence-electron chi connectivity index (χ0n) is 17.1. The van der Waals surface area contributed by atoms with Crippen LogP contribution in [0.15, 0.2) is 18.2 Å². The van der Waals surface area contributed by atoms with Gasteiger partial charge in [0.2, 0.25) is 0 Å². The summed E-state index contributed by atoms with van der Waals surface area (Å²) >= 11 is 0. The van der Waals surface area contributed by atoms with Gasteiger partial charge in [-0.3, -0.25) is 14.4 Å². The Morgan fingerprint density at radius 3 is 2.57 bits per heavy atom. The Labute approximate surface area is 165 Å². The fourth-order valence-corrected chi connectivity index (χ4v) is 3.63. The fourth-order valence-electron chi connectivity index (χ4n) is 3.63. The molecule has 1 saturated heterocycles. The Morgan fingerprint density at radius 1 is 1.25 bits per heavy atom. The van der Waals surface area contributed by atoms with Crippen LogP contribution in [-0.2, 0) is 13.6 Å². The molecule has 152 valence electrons. The highest BCUT2D eigenvalue weighted by Gasteiger charge is 2.22. The van der Waals surface area contributed by atoms with Gasteiger partial charge in [-0.05, 0) is 44.4 Å². The number of benzene rings is 1. The summed E-state index contributed by atoms with van der Waals surface area (Å²) in [6.45, 7) is 5.32. The van der Waals surface area contributed by atoms with E-state index in [0.29, 0.717) is 29.5 Å². The minimum Gasteiger partial charge on any atom is -0.497 e. The number of likely N-dealkylation sites (tertiary alicyclic amines) is 1. The lowest BCUT2D eigenvalue weighted by atomic mass is 9.98. The van der Waals surface area contributed by atoms with E-state index in [9.17, 15) is 4.79 Å². The molecular formula is C20H29N5O3. The molecule has 28 heavy (non-hydrogen) atoms. The summed E-state index contributed by atoms with van der Waals surface area (Å²) in [7, 11) is 5.08. The highest BCUT2D eigenvalue weighted by atomic mass is 16.5. The highest BCUT2D eigenvalue weighted by molar-refractivity contribution is 5.95. The maximum absolute atomic E-state index is 12.6. The molecule has 0 unspecified atom stereocenters. The second kappa shape index (κ2) is 9.05. The monoisotopic (exact) mass is 387 g/mol. The number of nitrogens with one attached hydrogen (secondary N) is 1. The number of piperidine rings is 1. The molecule has 1 fully saturated rings. The second-order valence-corrected chi connectivity index (χ2v) is 7.25. The van der Waals surface area contributed by atoms with E-state index in [1.165, 1.54) is 0 Å². The van der Waals surface area contributed by atoms with Crippen LogP contribution in [0.4, 0.5) is 0 Å². The highest BCUT2D eigenvalue weighted by Crippen LogP contribution is 2.23. The molecule has 1 N–H and O–H groups in total. The van der Waals surface area contributed by atoms with Gasteiger partial charge in [0.05, 0.1) is 20.8 Å². The lowest BCUT2D eigenvalue weighted by Gasteiger charge is -2.32. The number of amides is 1. The van der Waals surface area contributed by atoms with Crippen LogP contribution >= 0.6 is 0 Å². The Kier molecular flexibility index (Phi) is 6.51. The predicted octanol–water partition coefficient (Wildman–Crippen LogP) is 1.78. The number of hydrogen-bond acceptors (Lipinski definition) is 6. The van der Waals surface area contributed by atoms with Crippen molar-refractivity contribution in [3.05, 3.63) is 35.4 Å². The molecule has 8 nitrogen and oxygen atoms in total. The van der Waals surface area contributed by atoms with Crippen molar-refractivity contribution in [2.45, 2.75) is 26.3 Å². The lowest BCUT2D eigenvalue weighted by Crippen LogP contribution is -2.41. The molecular weight excluding hydrogens is 358 g/mol. The SMILES string of the molecule is COc1cc(OC)cc(C(=O)NC[C@@H]2CCCN(Cc3nc(C)nn3C)C2)c1. The smallest absolute Gasteiger partial charge is 0.251 e. The van der Waals surface area contributed by atoms with E-state index in [4.69, 9.17) is 9.47 Å². The molecule has 1 amide bonds. The van der Waals surface area contributed by atoms with Gasteiger partial charge in [0.15, 0.2) is 0 Å². The van der Waals surface area contributed by atoms with Gasteiger partial charge >= 0.3 is 0 Å². The van der Waals surface area contributed by atoms with Crippen LogP contribution in [0.2, 0.25) is 0 Å². The standard InChI is InChI=1S/C20H29N5O3/c1-14-22-19(24(2)23-14)13-25-7-5-6-15(12-25)11-21-20(26)16-8-17(27-3)10-18(9-16)28-4/h8-10,15H,5-7,11-13H2,1-4H3,(H,21,26)/t15-/m0/s1.